The van der Waals surface area contributed by atoms with Gasteiger partial charge in [0, 0.05) is 24.3 Å². The number of nitrogens with zero attached hydrogens (tertiary/aromatic N) is 2. The molecule has 3 aromatic rings. The van der Waals surface area contributed by atoms with Gasteiger partial charge >= 0.3 is 0 Å². The first kappa shape index (κ1) is 16.0. The van der Waals surface area contributed by atoms with E-state index in [9.17, 15) is 4.79 Å². The average molecular weight is 363 g/mol. The number of thiophene rings is 1. The van der Waals surface area contributed by atoms with Crippen molar-refractivity contribution in [1.82, 2.24) is 9.38 Å². The molecule has 1 N–H and O–H groups in total. The Morgan fingerprint density at radius 3 is 3.08 bits per heavy atom. The molecule has 0 radical (unpaired) electrons. The maximum Gasteiger partial charge on any atom is 0.258 e. The number of aromatic nitrogens is 2. The summed E-state index contributed by atoms with van der Waals surface area (Å²) in [6.45, 7) is 3.53. The summed E-state index contributed by atoms with van der Waals surface area (Å²) in [5.74, 6) is 0. The zero-order valence-electron chi connectivity index (χ0n) is 13.3. The second kappa shape index (κ2) is 7.14. The average Bonchev–Trinajstić information content (AvgIpc) is 3.28. The molecule has 126 valence electrons. The van der Waals surface area contributed by atoms with Crippen molar-refractivity contribution in [2.24, 2.45) is 0 Å². The number of thiazole rings is 1. The van der Waals surface area contributed by atoms with Gasteiger partial charge in [0.15, 0.2) is 4.96 Å². The fourth-order valence-corrected chi connectivity index (χ4v) is 4.74. The summed E-state index contributed by atoms with van der Waals surface area (Å²) in [4.78, 5) is 20.4. The Balaban J connectivity index is 1.55. The molecular weight excluding hydrogens is 342 g/mol. The van der Waals surface area contributed by atoms with E-state index in [4.69, 9.17) is 4.74 Å². The first-order chi connectivity index (χ1) is 11.8. The molecule has 4 rings (SSSR count). The van der Waals surface area contributed by atoms with Gasteiger partial charge in [0.2, 0.25) is 0 Å². The molecule has 4 heterocycles. The van der Waals surface area contributed by atoms with Crippen LogP contribution in [0.15, 0.2) is 40.0 Å². The highest BCUT2D eigenvalue weighted by Gasteiger charge is 2.23. The minimum atomic E-state index is 0.00356. The molecule has 3 aromatic heterocycles. The number of ether oxygens (including phenoxy) is 1. The van der Waals surface area contributed by atoms with Crippen LogP contribution in [-0.4, -0.2) is 28.6 Å². The van der Waals surface area contributed by atoms with Gasteiger partial charge in [0.1, 0.15) is 31.4 Å². The van der Waals surface area contributed by atoms with Gasteiger partial charge in [-0.25, -0.2) is 4.98 Å². The van der Waals surface area contributed by atoms with Crippen LogP contribution in [0.25, 0.3) is 4.96 Å². The van der Waals surface area contributed by atoms with Gasteiger partial charge in [0.25, 0.3) is 5.56 Å². The van der Waals surface area contributed by atoms with Crippen molar-refractivity contribution in [2.45, 2.75) is 32.0 Å². The summed E-state index contributed by atoms with van der Waals surface area (Å²) in [5, 5.41) is 4.01. The summed E-state index contributed by atoms with van der Waals surface area (Å²) in [6.07, 6.45) is 4.39. The normalized spacial score (nSPS) is 19.1. The van der Waals surface area contributed by atoms with Crippen LogP contribution in [-0.2, 0) is 17.8 Å². The molecule has 1 unspecified atom stereocenters. The SMILES string of the molecule is O=c1cc(C[NH+](Cc2cccs2)C[C@H]2CCCO2)nc2sccn12. The fraction of sp³-hybridized carbons (Fsp3) is 0.412. The van der Waals surface area contributed by atoms with Gasteiger partial charge in [-0.2, -0.15) is 0 Å². The van der Waals surface area contributed by atoms with E-state index in [0.717, 1.165) is 49.7 Å². The Bertz CT molecular complexity index is 850. The molecule has 1 aliphatic heterocycles. The maximum absolute atomic E-state index is 12.2. The van der Waals surface area contributed by atoms with Gasteiger partial charge in [-0.3, -0.25) is 9.20 Å². The summed E-state index contributed by atoms with van der Waals surface area (Å²) in [5.41, 5.74) is 0.871. The molecule has 0 saturated carbocycles. The molecule has 5 nitrogen and oxygen atoms in total. The predicted octanol–water partition coefficient (Wildman–Crippen LogP) is 1.58. The van der Waals surface area contributed by atoms with E-state index in [1.165, 1.54) is 21.1 Å². The van der Waals surface area contributed by atoms with E-state index in [0.29, 0.717) is 6.10 Å². The van der Waals surface area contributed by atoms with Crippen LogP contribution in [0.4, 0.5) is 0 Å². The topological polar surface area (TPSA) is 48.0 Å². The Kier molecular flexibility index (Phi) is 4.75. The van der Waals surface area contributed by atoms with E-state index in [-0.39, 0.29) is 5.56 Å². The molecule has 0 spiro atoms. The van der Waals surface area contributed by atoms with Crippen LogP contribution in [0.1, 0.15) is 23.4 Å². The van der Waals surface area contributed by atoms with Crippen LogP contribution >= 0.6 is 22.7 Å². The standard InChI is InChI=1S/C17H19N3O2S2/c21-16-9-13(18-17-20(16)5-8-24-17)10-19(11-14-3-1-6-22-14)12-15-4-2-7-23-15/h2,4-5,7-9,14H,1,3,6,10-12H2/p+1/t14-/m1/s1. The van der Waals surface area contributed by atoms with Crippen molar-refractivity contribution in [3.8, 4) is 0 Å². The highest BCUT2D eigenvalue weighted by Crippen LogP contribution is 2.11. The van der Waals surface area contributed by atoms with Crippen LogP contribution < -0.4 is 10.5 Å². The number of quaternary nitrogens is 1. The van der Waals surface area contributed by atoms with E-state index in [2.05, 4.69) is 22.5 Å². The third-order valence-corrected chi connectivity index (χ3v) is 5.97. The van der Waals surface area contributed by atoms with E-state index >= 15 is 0 Å². The Labute approximate surface area is 148 Å². The Morgan fingerprint density at radius 1 is 1.33 bits per heavy atom. The molecule has 2 atom stereocenters. The van der Waals surface area contributed by atoms with Gasteiger partial charge < -0.3 is 9.64 Å². The summed E-state index contributed by atoms with van der Waals surface area (Å²) in [7, 11) is 0. The first-order valence-corrected chi connectivity index (χ1v) is 9.97. The molecule has 0 bridgehead atoms. The number of nitrogens with one attached hydrogen (secondary N) is 1. The van der Waals surface area contributed by atoms with Gasteiger partial charge in [-0.05, 0) is 24.3 Å². The number of fused-ring (bicyclic) bond motifs is 1. The van der Waals surface area contributed by atoms with Crippen LogP contribution in [0.5, 0.6) is 0 Å². The molecule has 24 heavy (non-hydrogen) atoms. The van der Waals surface area contributed by atoms with E-state index in [1.807, 2.05) is 5.38 Å². The highest BCUT2D eigenvalue weighted by molar-refractivity contribution is 7.15. The quantitative estimate of drug-likeness (QED) is 0.724. The minimum Gasteiger partial charge on any atom is -0.372 e. The monoisotopic (exact) mass is 362 g/mol. The molecule has 7 heteroatoms. The van der Waals surface area contributed by atoms with E-state index < -0.39 is 0 Å². The van der Waals surface area contributed by atoms with Crippen LogP contribution in [0.3, 0.4) is 0 Å². The zero-order valence-corrected chi connectivity index (χ0v) is 14.9. The molecule has 0 amide bonds. The lowest BCUT2D eigenvalue weighted by Crippen LogP contribution is -3.10. The molecular formula is C17H20N3O2S2+. The van der Waals surface area contributed by atoms with E-state index in [1.54, 1.807) is 28.0 Å². The van der Waals surface area contributed by atoms with Crippen molar-refractivity contribution in [2.75, 3.05) is 13.2 Å². The minimum absolute atomic E-state index is 0.00356. The summed E-state index contributed by atoms with van der Waals surface area (Å²) >= 11 is 3.28. The molecule has 0 aliphatic carbocycles. The lowest BCUT2D eigenvalue weighted by Gasteiger charge is -2.21. The van der Waals surface area contributed by atoms with Gasteiger partial charge in [-0.15, -0.1) is 22.7 Å². The van der Waals surface area contributed by atoms with Crippen molar-refractivity contribution < 1.29 is 9.64 Å². The van der Waals surface area contributed by atoms with Crippen LogP contribution in [0, 0.1) is 0 Å². The second-order valence-corrected chi connectivity index (χ2v) is 8.07. The van der Waals surface area contributed by atoms with Gasteiger partial charge in [-0.1, -0.05) is 6.07 Å². The van der Waals surface area contributed by atoms with Crippen molar-refractivity contribution in [3.05, 3.63) is 56.1 Å². The van der Waals surface area contributed by atoms with Gasteiger partial charge in [0.05, 0.1) is 4.88 Å². The highest BCUT2D eigenvalue weighted by atomic mass is 32.1. The third kappa shape index (κ3) is 3.59. The molecule has 0 aromatic carbocycles. The Hall–Kier alpha value is -1.54. The third-order valence-electron chi connectivity index (χ3n) is 4.33. The maximum atomic E-state index is 12.2. The Morgan fingerprint density at radius 2 is 2.29 bits per heavy atom. The lowest BCUT2D eigenvalue weighted by atomic mass is 10.2. The largest absolute Gasteiger partial charge is 0.372 e. The summed E-state index contributed by atoms with van der Waals surface area (Å²) < 4.78 is 7.42. The number of hydrogen-bond acceptors (Lipinski definition) is 5. The number of rotatable bonds is 6. The number of hydrogen-bond donors (Lipinski definition) is 1. The van der Waals surface area contributed by atoms with Crippen molar-refractivity contribution in [3.63, 3.8) is 0 Å². The molecule has 1 saturated heterocycles. The predicted molar refractivity (Wildman–Crippen MR) is 95.9 cm³/mol. The lowest BCUT2D eigenvalue weighted by molar-refractivity contribution is -0.930. The smallest absolute Gasteiger partial charge is 0.258 e. The molecule has 1 fully saturated rings. The second-order valence-electron chi connectivity index (χ2n) is 6.16. The first-order valence-electron chi connectivity index (χ1n) is 8.21. The van der Waals surface area contributed by atoms with Crippen molar-refractivity contribution >= 4 is 27.6 Å². The van der Waals surface area contributed by atoms with Crippen LogP contribution in [0.2, 0.25) is 0 Å². The summed E-state index contributed by atoms with van der Waals surface area (Å²) in [6, 6.07) is 5.93. The fourth-order valence-electron chi connectivity index (χ4n) is 3.23. The van der Waals surface area contributed by atoms with Crippen molar-refractivity contribution in [1.29, 1.82) is 0 Å². The molecule has 1 aliphatic rings. The zero-order chi connectivity index (χ0) is 16.4.